The summed E-state index contributed by atoms with van der Waals surface area (Å²) >= 11 is 0. The fraction of sp³-hybridized carbons (Fsp3) is 0.429. The second-order valence-electron chi connectivity index (χ2n) is 7.70. The zero-order valence-corrected chi connectivity index (χ0v) is 17.0. The average molecular weight is 408 g/mol. The number of nitrogens with one attached hydrogen (secondary N) is 1. The van der Waals surface area contributed by atoms with E-state index in [1.54, 1.807) is 26.5 Å². The topological polar surface area (TPSA) is 98.2 Å². The number of aromatic nitrogens is 5. The lowest BCUT2D eigenvalue weighted by Crippen LogP contribution is -2.50. The summed E-state index contributed by atoms with van der Waals surface area (Å²) in [6.07, 6.45) is 5.79. The molecule has 2 atom stereocenters. The molecule has 0 bridgehead atoms. The Kier molecular flexibility index (Phi) is 4.65. The Hall–Kier alpha value is -3.36. The molecule has 1 saturated carbocycles. The van der Waals surface area contributed by atoms with Crippen molar-refractivity contribution in [1.29, 1.82) is 0 Å². The van der Waals surface area contributed by atoms with Crippen molar-refractivity contribution in [2.45, 2.75) is 44.3 Å². The van der Waals surface area contributed by atoms with Crippen molar-refractivity contribution in [2.75, 3.05) is 14.2 Å². The van der Waals surface area contributed by atoms with Crippen LogP contribution in [-0.4, -0.2) is 56.0 Å². The van der Waals surface area contributed by atoms with Crippen LogP contribution in [0, 0.1) is 0 Å². The third-order valence-electron chi connectivity index (χ3n) is 6.14. The Bertz CT molecular complexity index is 1060. The van der Waals surface area contributed by atoms with Gasteiger partial charge in [-0.05, 0) is 37.1 Å². The van der Waals surface area contributed by atoms with E-state index in [0.29, 0.717) is 23.7 Å². The van der Waals surface area contributed by atoms with Gasteiger partial charge in [-0.3, -0.25) is 9.89 Å². The van der Waals surface area contributed by atoms with Gasteiger partial charge in [-0.15, -0.1) is 10.2 Å². The Morgan fingerprint density at radius 2 is 1.87 bits per heavy atom. The van der Waals surface area contributed by atoms with Gasteiger partial charge < -0.3 is 18.9 Å². The van der Waals surface area contributed by atoms with Crippen molar-refractivity contribution in [3.8, 4) is 22.9 Å². The molecule has 0 unspecified atom stereocenters. The minimum absolute atomic E-state index is 0.0358. The molecule has 3 heterocycles. The van der Waals surface area contributed by atoms with Crippen LogP contribution in [0.1, 0.15) is 48.0 Å². The first-order valence-corrected chi connectivity index (χ1v) is 10.2. The van der Waals surface area contributed by atoms with E-state index < -0.39 is 0 Å². The van der Waals surface area contributed by atoms with Crippen LogP contribution < -0.4 is 9.47 Å². The predicted octanol–water partition coefficient (Wildman–Crippen LogP) is 2.83. The van der Waals surface area contributed by atoms with Gasteiger partial charge in [-0.2, -0.15) is 5.10 Å². The van der Waals surface area contributed by atoms with Gasteiger partial charge in [0.2, 0.25) is 0 Å². The number of amides is 1. The number of carbonyl (C=O) groups is 1. The highest BCUT2D eigenvalue weighted by molar-refractivity contribution is 5.92. The number of carbonyl (C=O) groups excluding carboxylic acids is 1. The summed E-state index contributed by atoms with van der Waals surface area (Å²) in [7, 11) is 3.24. The van der Waals surface area contributed by atoms with Gasteiger partial charge >= 0.3 is 0 Å². The summed E-state index contributed by atoms with van der Waals surface area (Å²) in [4.78, 5) is 15.1. The van der Waals surface area contributed by atoms with Crippen molar-refractivity contribution >= 4 is 5.91 Å². The highest BCUT2D eigenvalue weighted by atomic mass is 16.5. The fourth-order valence-corrected chi connectivity index (χ4v) is 4.73. The zero-order chi connectivity index (χ0) is 20.7. The van der Waals surface area contributed by atoms with E-state index in [4.69, 9.17) is 9.47 Å². The molecule has 1 N–H and O–H groups in total. The molecule has 3 aromatic rings. The van der Waals surface area contributed by atoms with Gasteiger partial charge in [-0.25, -0.2) is 0 Å². The number of fused-ring (bicyclic) bond motifs is 3. The largest absolute Gasteiger partial charge is 0.493 e. The number of nitrogens with zero attached hydrogens (tertiary/aromatic N) is 5. The molecule has 0 radical (unpaired) electrons. The van der Waals surface area contributed by atoms with Crippen molar-refractivity contribution in [2.24, 2.45) is 0 Å². The van der Waals surface area contributed by atoms with Gasteiger partial charge in [0.25, 0.3) is 5.91 Å². The molecular formula is C21H24N6O3. The van der Waals surface area contributed by atoms with Gasteiger partial charge in [0.1, 0.15) is 5.69 Å². The summed E-state index contributed by atoms with van der Waals surface area (Å²) in [6, 6.07) is 7.75. The molecule has 5 rings (SSSR count). The summed E-state index contributed by atoms with van der Waals surface area (Å²) in [5.74, 6) is 2.89. The molecule has 9 nitrogen and oxygen atoms in total. The smallest absolute Gasteiger partial charge is 0.272 e. The Labute approximate surface area is 174 Å². The SMILES string of the molecule is COc1ccc(-c2nnc3n2[C@H]2CCCC[C@H]2N(C(=O)c2ccn[nH]2)C3)cc1OC. The van der Waals surface area contributed by atoms with Crippen molar-refractivity contribution in [1.82, 2.24) is 29.9 Å². The predicted molar refractivity (Wildman–Crippen MR) is 108 cm³/mol. The van der Waals surface area contributed by atoms with Crippen LogP contribution in [0.15, 0.2) is 30.5 Å². The molecule has 156 valence electrons. The number of aromatic amines is 1. The molecule has 0 spiro atoms. The van der Waals surface area contributed by atoms with Crippen molar-refractivity contribution < 1.29 is 14.3 Å². The first-order chi connectivity index (χ1) is 14.7. The maximum absolute atomic E-state index is 13.1. The molecule has 0 saturated heterocycles. The monoisotopic (exact) mass is 408 g/mol. The molecule has 1 amide bonds. The number of benzene rings is 1. The minimum atomic E-state index is -0.0358. The van der Waals surface area contributed by atoms with Crippen LogP contribution in [0.5, 0.6) is 11.5 Å². The molecule has 1 aromatic carbocycles. The van der Waals surface area contributed by atoms with E-state index in [2.05, 4.69) is 25.0 Å². The average Bonchev–Trinajstić information content (AvgIpc) is 3.48. The highest BCUT2D eigenvalue weighted by Gasteiger charge is 2.41. The molecule has 2 aromatic heterocycles. The summed E-state index contributed by atoms with van der Waals surface area (Å²) < 4.78 is 13.1. The molecule has 30 heavy (non-hydrogen) atoms. The fourth-order valence-electron chi connectivity index (χ4n) is 4.73. The van der Waals surface area contributed by atoms with Crippen LogP contribution in [0.3, 0.4) is 0 Å². The van der Waals surface area contributed by atoms with Gasteiger partial charge in [0.15, 0.2) is 23.1 Å². The number of ether oxygens (including phenoxy) is 2. The Morgan fingerprint density at radius 3 is 2.60 bits per heavy atom. The number of hydrogen-bond acceptors (Lipinski definition) is 6. The highest BCUT2D eigenvalue weighted by Crippen LogP contribution is 2.41. The number of methoxy groups -OCH3 is 2. The molecular weight excluding hydrogens is 384 g/mol. The number of H-pyrrole nitrogens is 1. The van der Waals surface area contributed by atoms with E-state index in [9.17, 15) is 4.79 Å². The van der Waals surface area contributed by atoms with Crippen LogP contribution in [0.2, 0.25) is 0 Å². The second kappa shape index (κ2) is 7.47. The summed E-state index contributed by atoms with van der Waals surface area (Å²) in [6.45, 7) is 0.430. The first kappa shape index (κ1) is 18.7. The molecule has 1 aliphatic heterocycles. The van der Waals surface area contributed by atoms with Crippen molar-refractivity contribution in [3.05, 3.63) is 42.0 Å². The van der Waals surface area contributed by atoms with E-state index >= 15 is 0 Å². The third kappa shape index (κ3) is 2.92. The van der Waals surface area contributed by atoms with Gasteiger partial charge in [0, 0.05) is 11.8 Å². The van der Waals surface area contributed by atoms with E-state index in [1.807, 2.05) is 23.1 Å². The Balaban J connectivity index is 1.56. The number of rotatable bonds is 4. The van der Waals surface area contributed by atoms with Crippen LogP contribution in [-0.2, 0) is 6.54 Å². The third-order valence-corrected chi connectivity index (χ3v) is 6.14. The quantitative estimate of drug-likeness (QED) is 0.713. The molecule has 1 fully saturated rings. The van der Waals surface area contributed by atoms with Crippen LogP contribution in [0.25, 0.3) is 11.4 Å². The maximum atomic E-state index is 13.1. The van der Waals surface area contributed by atoms with E-state index in [-0.39, 0.29) is 18.0 Å². The standard InChI is InChI=1S/C21H24N6O3/c1-29-17-8-7-13(11-18(17)30-2)20-25-24-19-12-26(21(28)14-9-10-22-23-14)15-5-3-4-6-16(15)27(19)20/h7-11,15-16H,3-6,12H2,1-2H3,(H,22,23)/t15-,16+/m1/s1. The Morgan fingerprint density at radius 1 is 1.07 bits per heavy atom. The van der Waals surface area contributed by atoms with Crippen LogP contribution in [0.4, 0.5) is 0 Å². The lowest BCUT2D eigenvalue weighted by molar-refractivity contribution is 0.0415. The molecule has 2 aliphatic rings. The normalized spacial score (nSPS) is 20.4. The number of hydrogen-bond donors (Lipinski definition) is 1. The summed E-state index contributed by atoms with van der Waals surface area (Å²) in [5.41, 5.74) is 1.43. The van der Waals surface area contributed by atoms with Gasteiger partial charge in [0.05, 0.1) is 32.8 Å². The van der Waals surface area contributed by atoms with Crippen molar-refractivity contribution in [3.63, 3.8) is 0 Å². The first-order valence-electron chi connectivity index (χ1n) is 10.2. The van der Waals surface area contributed by atoms with Crippen LogP contribution >= 0.6 is 0 Å². The maximum Gasteiger partial charge on any atom is 0.272 e. The van der Waals surface area contributed by atoms with E-state index in [0.717, 1.165) is 42.9 Å². The molecule has 1 aliphatic carbocycles. The lowest BCUT2D eigenvalue weighted by Gasteiger charge is -2.44. The van der Waals surface area contributed by atoms with Gasteiger partial charge in [-0.1, -0.05) is 12.8 Å². The summed E-state index contributed by atoms with van der Waals surface area (Å²) in [5, 5.41) is 15.7. The van der Waals surface area contributed by atoms with E-state index in [1.165, 1.54) is 0 Å². The zero-order valence-electron chi connectivity index (χ0n) is 17.0. The molecule has 9 heteroatoms. The second-order valence-corrected chi connectivity index (χ2v) is 7.70. The minimum Gasteiger partial charge on any atom is -0.493 e. The lowest BCUT2D eigenvalue weighted by atomic mass is 9.87.